The van der Waals surface area contributed by atoms with E-state index in [4.69, 9.17) is 16.7 Å². The van der Waals surface area contributed by atoms with Gasteiger partial charge in [0, 0.05) is 21.4 Å². The molecular weight excluding hydrogens is 310 g/mol. The van der Waals surface area contributed by atoms with E-state index in [0.29, 0.717) is 12.1 Å². The van der Waals surface area contributed by atoms with E-state index in [-0.39, 0.29) is 23.3 Å². The molecule has 0 aliphatic carbocycles. The molecule has 0 saturated heterocycles. The first-order chi connectivity index (χ1) is 10.1. The molecular formula is C15H12ClNO3S. The number of carbonyl (C=O) groups excluding carboxylic acids is 1. The van der Waals surface area contributed by atoms with Gasteiger partial charge in [0.2, 0.25) is 0 Å². The van der Waals surface area contributed by atoms with Crippen LogP contribution in [0, 0.1) is 11.8 Å². The number of aromatic hydroxyl groups is 1. The summed E-state index contributed by atoms with van der Waals surface area (Å²) in [5.41, 5.74) is 1.20. The summed E-state index contributed by atoms with van der Waals surface area (Å²) in [4.78, 5) is 12.9. The van der Waals surface area contributed by atoms with E-state index < -0.39 is 0 Å². The molecule has 1 aromatic carbocycles. The maximum Gasteiger partial charge on any atom is 0.251 e. The van der Waals surface area contributed by atoms with Gasteiger partial charge in [0.05, 0.1) is 11.6 Å². The molecule has 0 fully saturated rings. The maximum absolute atomic E-state index is 12.0. The Labute approximate surface area is 131 Å². The number of halogens is 1. The number of carbonyl (C=O) groups is 1. The molecule has 2 rings (SSSR count). The maximum atomic E-state index is 12.0. The van der Waals surface area contributed by atoms with Crippen molar-refractivity contribution >= 4 is 28.8 Å². The van der Waals surface area contributed by atoms with Crippen LogP contribution in [0.1, 0.15) is 20.8 Å². The van der Waals surface area contributed by atoms with Gasteiger partial charge in [-0.15, -0.1) is 11.3 Å². The third-order valence-electron chi connectivity index (χ3n) is 2.60. The molecule has 21 heavy (non-hydrogen) atoms. The topological polar surface area (TPSA) is 69.6 Å². The highest BCUT2D eigenvalue weighted by Gasteiger charge is 2.08. The van der Waals surface area contributed by atoms with Crippen LogP contribution in [-0.4, -0.2) is 22.7 Å². The molecule has 0 bridgehead atoms. The van der Waals surface area contributed by atoms with Gasteiger partial charge in [-0.05, 0) is 24.3 Å². The van der Waals surface area contributed by atoms with Crippen molar-refractivity contribution in [2.75, 3.05) is 6.61 Å². The Balaban J connectivity index is 1.97. The molecule has 1 heterocycles. The van der Waals surface area contributed by atoms with E-state index >= 15 is 0 Å². The number of hydrogen-bond acceptors (Lipinski definition) is 4. The van der Waals surface area contributed by atoms with Crippen molar-refractivity contribution in [1.29, 1.82) is 0 Å². The SMILES string of the molecule is O=C(NCc1cc(C#CCO)cs1)c1ccc(O)c(Cl)c1. The molecule has 0 unspecified atom stereocenters. The Hall–Kier alpha value is -2.00. The number of thiophene rings is 1. The average Bonchev–Trinajstić information content (AvgIpc) is 2.93. The zero-order valence-corrected chi connectivity index (χ0v) is 12.5. The van der Waals surface area contributed by atoms with E-state index in [2.05, 4.69) is 17.2 Å². The fraction of sp³-hybridized carbons (Fsp3) is 0.133. The van der Waals surface area contributed by atoms with Crippen LogP contribution in [0.15, 0.2) is 29.6 Å². The van der Waals surface area contributed by atoms with Gasteiger partial charge in [-0.1, -0.05) is 23.4 Å². The third-order valence-corrected chi connectivity index (χ3v) is 3.84. The first-order valence-electron chi connectivity index (χ1n) is 6.04. The van der Waals surface area contributed by atoms with Crippen molar-refractivity contribution in [2.45, 2.75) is 6.54 Å². The number of amides is 1. The summed E-state index contributed by atoms with van der Waals surface area (Å²) in [5, 5.41) is 22.7. The zero-order chi connectivity index (χ0) is 15.2. The van der Waals surface area contributed by atoms with Crippen molar-refractivity contribution in [2.24, 2.45) is 0 Å². The lowest BCUT2D eigenvalue weighted by Crippen LogP contribution is -2.22. The first kappa shape index (κ1) is 15.4. The second kappa shape index (κ2) is 7.14. The van der Waals surface area contributed by atoms with Crippen LogP contribution in [0.3, 0.4) is 0 Å². The van der Waals surface area contributed by atoms with Gasteiger partial charge in [-0.3, -0.25) is 4.79 Å². The zero-order valence-electron chi connectivity index (χ0n) is 10.9. The van der Waals surface area contributed by atoms with Crippen LogP contribution >= 0.6 is 22.9 Å². The predicted octanol–water partition coefficient (Wildman–Crippen LogP) is 2.38. The van der Waals surface area contributed by atoms with Crippen molar-refractivity contribution in [3.63, 3.8) is 0 Å². The van der Waals surface area contributed by atoms with Gasteiger partial charge in [0.15, 0.2) is 0 Å². The number of benzene rings is 1. The van der Waals surface area contributed by atoms with E-state index in [1.165, 1.54) is 29.5 Å². The second-order valence-electron chi connectivity index (χ2n) is 4.11. The van der Waals surface area contributed by atoms with Gasteiger partial charge in [-0.25, -0.2) is 0 Å². The molecule has 108 valence electrons. The van der Waals surface area contributed by atoms with Gasteiger partial charge >= 0.3 is 0 Å². The molecule has 6 heteroatoms. The fourth-order valence-electron chi connectivity index (χ4n) is 1.60. The van der Waals surface area contributed by atoms with E-state index in [1.807, 2.05) is 11.4 Å². The minimum absolute atomic E-state index is 0.0569. The number of nitrogens with one attached hydrogen (secondary N) is 1. The number of rotatable bonds is 3. The van der Waals surface area contributed by atoms with Gasteiger partial charge < -0.3 is 15.5 Å². The normalized spacial score (nSPS) is 9.81. The molecule has 0 radical (unpaired) electrons. The Morgan fingerprint density at radius 3 is 2.90 bits per heavy atom. The number of hydrogen-bond donors (Lipinski definition) is 3. The first-order valence-corrected chi connectivity index (χ1v) is 7.30. The lowest BCUT2D eigenvalue weighted by Gasteiger charge is -2.04. The molecule has 2 aromatic rings. The summed E-state index contributed by atoms with van der Waals surface area (Å²) in [7, 11) is 0. The fourth-order valence-corrected chi connectivity index (χ4v) is 2.53. The van der Waals surface area contributed by atoms with Crippen LogP contribution in [0.5, 0.6) is 5.75 Å². The molecule has 0 aliphatic rings. The number of phenolic OH excluding ortho intramolecular Hbond substituents is 1. The largest absolute Gasteiger partial charge is 0.506 e. The van der Waals surface area contributed by atoms with Gasteiger partial charge in [-0.2, -0.15) is 0 Å². The monoisotopic (exact) mass is 321 g/mol. The van der Waals surface area contributed by atoms with E-state index in [1.54, 1.807) is 0 Å². The highest BCUT2D eigenvalue weighted by atomic mass is 35.5. The van der Waals surface area contributed by atoms with Crippen molar-refractivity contribution < 1.29 is 15.0 Å². The Bertz CT molecular complexity index is 715. The van der Waals surface area contributed by atoms with Crippen LogP contribution in [0.4, 0.5) is 0 Å². The molecule has 1 amide bonds. The summed E-state index contributed by atoms with van der Waals surface area (Å²) < 4.78 is 0. The molecule has 0 atom stereocenters. The summed E-state index contributed by atoms with van der Waals surface area (Å²) in [6.45, 7) is 0.201. The van der Waals surface area contributed by atoms with E-state index in [9.17, 15) is 9.90 Å². The molecule has 1 aromatic heterocycles. The molecule has 3 N–H and O–H groups in total. The number of phenols is 1. The molecule has 0 aliphatic heterocycles. The lowest BCUT2D eigenvalue weighted by molar-refractivity contribution is 0.0951. The van der Waals surface area contributed by atoms with Crippen molar-refractivity contribution in [1.82, 2.24) is 5.32 Å². The van der Waals surface area contributed by atoms with Crippen LogP contribution in [0.25, 0.3) is 0 Å². The molecule has 0 saturated carbocycles. The van der Waals surface area contributed by atoms with E-state index in [0.717, 1.165) is 10.4 Å². The van der Waals surface area contributed by atoms with Crippen LogP contribution in [0.2, 0.25) is 5.02 Å². The Kier molecular flexibility index (Phi) is 5.23. The van der Waals surface area contributed by atoms with Crippen LogP contribution < -0.4 is 5.32 Å². The second-order valence-corrected chi connectivity index (χ2v) is 5.51. The minimum atomic E-state index is -0.270. The number of aliphatic hydroxyl groups is 1. The molecule has 0 spiro atoms. The Morgan fingerprint density at radius 2 is 2.19 bits per heavy atom. The standard InChI is InChI=1S/C15H12ClNO3S/c16-13-7-11(3-4-14(13)19)15(20)17-8-12-6-10(9-21-12)2-1-5-18/h3-4,6-7,9,18-19H,5,8H2,(H,17,20). The summed E-state index contributed by atoms with van der Waals surface area (Å²) in [6.07, 6.45) is 0. The summed E-state index contributed by atoms with van der Waals surface area (Å²) >= 11 is 7.24. The number of aliphatic hydroxyl groups excluding tert-OH is 1. The van der Waals surface area contributed by atoms with Gasteiger partial charge in [0.1, 0.15) is 12.4 Å². The predicted molar refractivity (Wildman–Crippen MR) is 82.6 cm³/mol. The highest BCUT2D eigenvalue weighted by molar-refractivity contribution is 7.10. The van der Waals surface area contributed by atoms with Crippen LogP contribution in [-0.2, 0) is 6.54 Å². The van der Waals surface area contributed by atoms with Crippen molar-refractivity contribution in [3.05, 3.63) is 50.7 Å². The Morgan fingerprint density at radius 1 is 1.38 bits per heavy atom. The summed E-state index contributed by atoms with van der Waals surface area (Å²) in [5.74, 6) is 5.04. The quantitative estimate of drug-likeness (QED) is 0.760. The van der Waals surface area contributed by atoms with Crippen molar-refractivity contribution in [3.8, 4) is 17.6 Å². The third kappa shape index (κ3) is 4.23. The molecule has 4 nitrogen and oxygen atoms in total. The van der Waals surface area contributed by atoms with Gasteiger partial charge in [0.25, 0.3) is 5.91 Å². The minimum Gasteiger partial charge on any atom is -0.506 e. The highest BCUT2D eigenvalue weighted by Crippen LogP contribution is 2.23. The summed E-state index contributed by atoms with van der Waals surface area (Å²) in [6, 6.07) is 6.16. The lowest BCUT2D eigenvalue weighted by atomic mass is 10.2. The average molecular weight is 322 g/mol. The smallest absolute Gasteiger partial charge is 0.251 e.